The minimum atomic E-state index is -0.667. The smallest absolute Gasteiger partial charge is 0.408 e. The molecule has 9 heteroatoms. The normalized spacial score (nSPS) is 14.7. The van der Waals surface area contributed by atoms with Crippen molar-refractivity contribution in [2.24, 2.45) is 0 Å². The van der Waals surface area contributed by atoms with E-state index in [2.05, 4.69) is 10.1 Å². The number of hydrogen-bond donors (Lipinski definition) is 1. The monoisotopic (exact) mass is 424 g/mol. The summed E-state index contributed by atoms with van der Waals surface area (Å²) >= 11 is 0.812. The molecule has 29 heavy (non-hydrogen) atoms. The molecule has 1 aromatic rings. The van der Waals surface area contributed by atoms with Crippen LogP contribution in [0.15, 0.2) is 24.3 Å². The molecule has 1 aromatic carbocycles. The molecule has 1 N–H and O–H groups in total. The average molecular weight is 425 g/mol. The summed E-state index contributed by atoms with van der Waals surface area (Å²) in [6.07, 6.45) is -0.229. The van der Waals surface area contributed by atoms with Crippen LogP contribution in [0.2, 0.25) is 0 Å². The average Bonchev–Trinajstić information content (AvgIpc) is 2.86. The highest BCUT2D eigenvalue weighted by molar-refractivity contribution is 8.13. The molecule has 160 valence electrons. The third kappa shape index (κ3) is 7.84. The molecule has 0 radical (unpaired) electrons. The Balaban J connectivity index is 1.95. The number of nitrogens with zero attached hydrogens (tertiary/aromatic N) is 1. The Morgan fingerprint density at radius 1 is 1.28 bits per heavy atom. The number of nitrogens with one attached hydrogen (secondary N) is 1. The van der Waals surface area contributed by atoms with E-state index in [0.29, 0.717) is 19.7 Å². The Hall–Kier alpha value is -2.42. The lowest BCUT2D eigenvalue weighted by Gasteiger charge is -2.24. The lowest BCUT2D eigenvalue weighted by molar-refractivity contribution is -0.132. The van der Waals surface area contributed by atoms with Gasteiger partial charge in [-0.25, -0.2) is 9.59 Å². The molecule has 0 unspecified atom stereocenters. The number of fused-ring (bicyclic) bond motifs is 1. The summed E-state index contributed by atoms with van der Waals surface area (Å²) in [6.45, 7) is 6.60. The summed E-state index contributed by atoms with van der Waals surface area (Å²) in [5.41, 5.74) is 0.283. The van der Waals surface area contributed by atoms with Crippen LogP contribution in [0.3, 0.4) is 0 Å². The lowest BCUT2D eigenvalue weighted by Crippen LogP contribution is -2.39. The second-order valence-corrected chi connectivity index (χ2v) is 8.66. The molecule has 0 aliphatic carbocycles. The zero-order valence-electron chi connectivity index (χ0n) is 17.2. The van der Waals surface area contributed by atoms with E-state index in [0.717, 1.165) is 23.1 Å². The van der Waals surface area contributed by atoms with E-state index >= 15 is 0 Å². The first kappa shape index (κ1) is 22.9. The SMILES string of the molecule is COC(=O)S[C@H](CCC(=O)N1CCOc2ccccc2C1)NC(=O)OC(C)(C)C. The fourth-order valence-corrected chi connectivity index (χ4v) is 3.43. The quantitative estimate of drug-likeness (QED) is 0.571. The number of carbonyl (C=O) groups excluding carboxylic acids is 3. The van der Waals surface area contributed by atoms with Crippen LogP contribution in [0.5, 0.6) is 5.75 Å². The van der Waals surface area contributed by atoms with Crippen LogP contribution in [0.25, 0.3) is 0 Å². The maximum absolute atomic E-state index is 12.7. The molecule has 0 aromatic heterocycles. The Morgan fingerprint density at radius 2 is 2.00 bits per heavy atom. The Bertz CT molecular complexity index is 734. The second-order valence-electron chi connectivity index (χ2n) is 7.52. The lowest BCUT2D eigenvalue weighted by atomic mass is 10.2. The Morgan fingerprint density at radius 3 is 2.69 bits per heavy atom. The van der Waals surface area contributed by atoms with Gasteiger partial charge < -0.3 is 24.4 Å². The highest BCUT2D eigenvalue weighted by Gasteiger charge is 2.25. The predicted molar refractivity (Wildman–Crippen MR) is 110 cm³/mol. The molecule has 1 heterocycles. The molecule has 0 saturated heterocycles. The van der Waals surface area contributed by atoms with E-state index in [9.17, 15) is 14.4 Å². The summed E-state index contributed by atoms with van der Waals surface area (Å²) in [7, 11) is 1.26. The number of thioether (sulfide) groups is 1. The molecule has 1 aliphatic rings. The zero-order chi connectivity index (χ0) is 21.4. The van der Waals surface area contributed by atoms with E-state index < -0.39 is 22.4 Å². The second kappa shape index (κ2) is 10.4. The number of alkyl carbamates (subject to hydrolysis) is 1. The molecule has 0 fully saturated rings. The van der Waals surface area contributed by atoms with Crippen molar-refractivity contribution in [2.75, 3.05) is 20.3 Å². The van der Waals surface area contributed by atoms with E-state index in [1.165, 1.54) is 7.11 Å². The van der Waals surface area contributed by atoms with Crippen LogP contribution in [0.4, 0.5) is 9.59 Å². The number of methoxy groups -OCH3 is 1. The topological polar surface area (TPSA) is 94.2 Å². The molecule has 1 aliphatic heterocycles. The number of benzene rings is 1. The number of hydrogen-bond acceptors (Lipinski definition) is 7. The zero-order valence-corrected chi connectivity index (χ0v) is 18.0. The number of rotatable bonds is 5. The third-order valence-electron chi connectivity index (χ3n) is 4.01. The van der Waals surface area contributed by atoms with Crippen molar-refractivity contribution in [3.63, 3.8) is 0 Å². The molecule has 1 atom stereocenters. The molecule has 0 spiro atoms. The molecule has 0 bridgehead atoms. The van der Waals surface area contributed by atoms with Crippen molar-refractivity contribution in [1.82, 2.24) is 10.2 Å². The Kier molecular flexibility index (Phi) is 8.19. The van der Waals surface area contributed by atoms with E-state index in [-0.39, 0.29) is 18.7 Å². The fourth-order valence-electron chi connectivity index (χ4n) is 2.72. The first-order chi connectivity index (χ1) is 13.7. The summed E-state index contributed by atoms with van der Waals surface area (Å²) in [4.78, 5) is 38.2. The van der Waals surface area contributed by atoms with Gasteiger partial charge in [0.25, 0.3) is 0 Å². The molecule has 0 saturated carbocycles. The summed E-state index contributed by atoms with van der Waals surface area (Å²) in [5.74, 6) is 0.709. The van der Waals surface area contributed by atoms with Crippen molar-refractivity contribution >= 4 is 29.1 Å². The van der Waals surface area contributed by atoms with Gasteiger partial charge in [0.1, 0.15) is 18.0 Å². The van der Waals surface area contributed by atoms with Crippen LogP contribution in [-0.4, -0.2) is 53.4 Å². The molecule has 2 amide bonds. The van der Waals surface area contributed by atoms with Crippen LogP contribution >= 0.6 is 11.8 Å². The van der Waals surface area contributed by atoms with Crippen molar-refractivity contribution in [3.8, 4) is 5.75 Å². The largest absolute Gasteiger partial charge is 0.491 e. The van der Waals surface area contributed by atoms with Crippen LogP contribution in [-0.2, 0) is 20.8 Å². The molecular formula is C20H28N2O6S. The van der Waals surface area contributed by atoms with Crippen molar-refractivity contribution < 1.29 is 28.6 Å². The van der Waals surface area contributed by atoms with Gasteiger partial charge >= 0.3 is 11.4 Å². The van der Waals surface area contributed by atoms with E-state index in [1.807, 2.05) is 24.3 Å². The fraction of sp³-hybridized carbons (Fsp3) is 0.550. The minimum absolute atomic E-state index is 0.0771. The van der Waals surface area contributed by atoms with E-state index in [4.69, 9.17) is 9.47 Å². The van der Waals surface area contributed by atoms with Gasteiger partial charge in [-0.1, -0.05) is 18.2 Å². The standard InChI is InChI=1S/C20H28N2O6S/c1-20(2,3)28-18(24)21-16(29-19(25)26-4)9-10-17(23)22-11-12-27-15-8-6-5-7-14(15)13-22/h5-8,16H,9-13H2,1-4H3,(H,21,24)/t16-/m1/s1. The van der Waals surface area contributed by atoms with Gasteiger partial charge in [-0.15, -0.1) is 0 Å². The maximum atomic E-state index is 12.7. The number of para-hydroxylation sites is 1. The van der Waals surface area contributed by atoms with E-state index in [1.54, 1.807) is 25.7 Å². The summed E-state index contributed by atoms with van der Waals surface area (Å²) < 4.78 is 15.6. The van der Waals surface area contributed by atoms with Crippen LogP contribution in [0, 0.1) is 0 Å². The summed E-state index contributed by atoms with van der Waals surface area (Å²) in [5, 5.41) is 1.44. The number of carbonyl (C=O) groups is 3. The van der Waals surface area contributed by atoms with Gasteiger partial charge in [-0.05, 0) is 45.0 Å². The van der Waals surface area contributed by atoms with Gasteiger partial charge in [0.15, 0.2) is 0 Å². The van der Waals surface area contributed by atoms with Gasteiger partial charge in [0.05, 0.1) is 19.0 Å². The summed E-state index contributed by atoms with van der Waals surface area (Å²) in [6, 6.07) is 7.62. The third-order valence-corrected chi connectivity index (χ3v) is 5.01. The van der Waals surface area contributed by atoms with Crippen molar-refractivity contribution in [1.29, 1.82) is 0 Å². The molecular weight excluding hydrogens is 396 g/mol. The van der Waals surface area contributed by atoms with Crippen molar-refractivity contribution in [2.45, 2.75) is 51.1 Å². The van der Waals surface area contributed by atoms with Gasteiger partial charge in [0.2, 0.25) is 5.91 Å². The minimum Gasteiger partial charge on any atom is -0.491 e. The van der Waals surface area contributed by atoms with Crippen molar-refractivity contribution in [3.05, 3.63) is 29.8 Å². The van der Waals surface area contributed by atoms with Gasteiger partial charge in [-0.2, -0.15) is 0 Å². The van der Waals surface area contributed by atoms with Crippen LogP contribution in [0.1, 0.15) is 39.2 Å². The van der Waals surface area contributed by atoms with Crippen LogP contribution < -0.4 is 10.1 Å². The highest BCUT2D eigenvalue weighted by atomic mass is 32.2. The highest BCUT2D eigenvalue weighted by Crippen LogP contribution is 2.24. The Labute approximate surface area is 175 Å². The van der Waals surface area contributed by atoms with Gasteiger partial charge in [0, 0.05) is 18.5 Å². The molecule has 2 rings (SSSR count). The molecule has 8 nitrogen and oxygen atoms in total. The maximum Gasteiger partial charge on any atom is 0.408 e. The first-order valence-corrected chi connectivity index (χ1v) is 10.3. The van der Waals surface area contributed by atoms with Gasteiger partial charge in [-0.3, -0.25) is 4.79 Å². The first-order valence-electron chi connectivity index (χ1n) is 9.40. The number of ether oxygens (including phenoxy) is 3. The number of amides is 2. The predicted octanol–water partition coefficient (Wildman–Crippen LogP) is 3.54.